The molecule has 5 heteroatoms. The second kappa shape index (κ2) is 6.06. The molecule has 2 N–H and O–H groups in total. The fourth-order valence-corrected chi connectivity index (χ4v) is 1.72. The summed E-state index contributed by atoms with van der Waals surface area (Å²) in [5.74, 6) is -0.417. The van der Waals surface area contributed by atoms with Crippen molar-refractivity contribution >= 4 is 17.5 Å². The maximum Gasteiger partial charge on any atom is 0.291 e. The van der Waals surface area contributed by atoms with E-state index in [1.807, 2.05) is 13.8 Å². The molecule has 1 aromatic carbocycles. The number of rotatable bonds is 4. The van der Waals surface area contributed by atoms with Gasteiger partial charge in [-0.2, -0.15) is 0 Å². The number of anilines is 1. The Kier molecular flexibility index (Phi) is 4.20. The standard InChI is InChI=1S/C15H16N2O3/c1-10(2)16-14(18)11-6-3-4-7-12(11)17-15(19)13-8-5-9-20-13/h3-10H,1-2H3,(H,16,18)(H,17,19). The van der Waals surface area contributed by atoms with Gasteiger partial charge in [0.25, 0.3) is 11.8 Å². The molecular weight excluding hydrogens is 256 g/mol. The molecule has 2 aromatic rings. The van der Waals surface area contributed by atoms with Gasteiger partial charge in [0, 0.05) is 6.04 Å². The van der Waals surface area contributed by atoms with Crippen molar-refractivity contribution in [2.24, 2.45) is 0 Å². The van der Waals surface area contributed by atoms with Crippen molar-refractivity contribution in [2.75, 3.05) is 5.32 Å². The van der Waals surface area contributed by atoms with E-state index in [0.717, 1.165) is 0 Å². The van der Waals surface area contributed by atoms with Crippen LogP contribution in [0.5, 0.6) is 0 Å². The van der Waals surface area contributed by atoms with Crippen LogP contribution in [0, 0.1) is 0 Å². The lowest BCUT2D eigenvalue weighted by molar-refractivity contribution is 0.0944. The maximum atomic E-state index is 12.1. The van der Waals surface area contributed by atoms with Crippen molar-refractivity contribution in [1.29, 1.82) is 0 Å². The van der Waals surface area contributed by atoms with E-state index in [1.54, 1.807) is 36.4 Å². The molecule has 1 aromatic heterocycles. The molecule has 5 nitrogen and oxygen atoms in total. The Morgan fingerprint density at radius 1 is 1.05 bits per heavy atom. The summed E-state index contributed by atoms with van der Waals surface area (Å²) in [7, 11) is 0. The average molecular weight is 272 g/mol. The number of furan rings is 1. The number of hydrogen-bond donors (Lipinski definition) is 2. The predicted molar refractivity (Wildman–Crippen MR) is 75.7 cm³/mol. The number of hydrogen-bond acceptors (Lipinski definition) is 3. The molecule has 0 aliphatic rings. The van der Waals surface area contributed by atoms with Crippen LogP contribution in [0.4, 0.5) is 5.69 Å². The largest absolute Gasteiger partial charge is 0.459 e. The van der Waals surface area contributed by atoms with Crippen molar-refractivity contribution in [1.82, 2.24) is 5.32 Å². The molecule has 0 unspecified atom stereocenters. The van der Waals surface area contributed by atoms with E-state index in [1.165, 1.54) is 6.26 Å². The molecule has 0 saturated heterocycles. The van der Waals surface area contributed by atoms with Crippen LogP contribution < -0.4 is 10.6 Å². The van der Waals surface area contributed by atoms with E-state index in [4.69, 9.17) is 4.42 Å². The van der Waals surface area contributed by atoms with Gasteiger partial charge in [0.05, 0.1) is 17.5 Å². The summed E-state index contributed by atoms with van der Waals surface area (Å²) >= 11 is 0. The molecular formula is C15H16N2O3. The van der Waals surface area contributed by atoms with Crippen LogP contribution in [0.2, 0.25) is 0 Å². The monoisotopic (exact) mass is 272 g/mol. The molecule has 0 aliphatic carbocycles. The quantitative estimate of drug-likeness (QED) is 0.898. The van der Waals surface area contributed by atoms with Crippen LogP contribution in [0.15, 0.2) is 47.1 Å². The van der Waals surface area contributed by atoms with Gasteiger partial charge < -0.3 is 15.1 Å². The lowest BCUT2D eigenvalue weighted by Gasteiger charge is -2.12. The minimum absolute atomic E-state index is 0.0244. The minimum atomic E-state index is -0.389. The molecule has 0 bridgehead atoms. The van der Waals surface area contributed by atoms with Crippen LogP contribution in [0.1, 0.15) is 34.8 Å². The highest BCUT2D eigenvalue weighted by Gasteiger charge is 2.15. The zero-order valence-electron chi connectivity index (χ0n) is 11.3. The highest BCUT2D eigenvalue weighted by molar-refractivity contribution is 6.07. The Labute approximate surface area is 117 Å². The molecule has 0 spiro atoms. The van der Waals surface area contributed by atoms with E-state index in [0.29, 0.717) is 11.3 Å². The van der Waals surface area contributed by atoms with Gasteiger partial charge in [-0.05, 0) is 38.1 Å². The van der Waals surface area contributed by atoms with E-state index in [9.17, 15) is 9.59 Å². The van der Waals surface area contributed by atoms with Crippen LogP contribution >= 0.6 is 0 Å². The summed E-state index contributed by atoms with van der Waals surface area (Å²) in [6.07, 6.45) is 1.42. The Bertz CT molecular complexity index is 603. The fourth-order valence-electron chi connectivity index (χ4n) is 1.72. The SMILES string of the molecule is CC(C)NC(=O)c1ccccc1NC(=O)c1ccco1. The molecule has 104 valence electrons. The Morgan fingerprint density at radius 3 is 2.45 bits per heavy atom. The van der Waals surface area contributed by atoms with E-state index in [-0.39, 0.29) is 23.6 Å². The van der Waals surface area contributed by atoms with Crippen LogP contribution in [0.3, 0.4) is 0 Å². The molecule has 0 aliphatic heterocycles. The Morgan fingerprint density at radius 2 is 1.80 bits per heavy atom. The first-order valence-electron chi connectivity index (χ1n) is 6.32. The Hall–Kier alpha value is -2.56. The number of para-hydroxylation sites is 1. The van der Waals surface area contributed by atoms with Gasteiger partial charge in [0.1, 0.15) is 0 Å². The lowest BCUT2D eigenvalue weighted by atomic mass is 10.1. The van der Waals surface area contributed by atoms with Crippen molar-refractivity contribution in [3.05, 3.63) is 54.0 Å². The summed E-state index contributed by atoms with van der Waals surface area (Å²) in [6.45, 7) is 3.75. The van der Waals surface area contributed by atoms with Gasteiger partial charge in [-0.25, -0.2) is 0 Å². The van der Waals surface area contributed by atoms with E-state index >= 15 is 0 Å². The van der Waals surface area contributed by atoms with Crippen molar-refractivity contribution in [2.45, 2.75) is 19.9 Å². The van der Waals surface area contributed by atoms with Crippen LogP contribution in [-0.2, 0) is 0 Å². The summed E-state index contributed by atoms with van der Waals surface area (Å²) in [6, 6.07) is 10.1. The van der Waals surface area contributed by atoms with Gasteiger partial charge in [-0.15, -0.1) is 0 Å². The zero-order chi connectivity index (χ0) is 14.5. The summed E-state index contributed by atoms with van der Waals surface area (Å²) < 4.78 is 5.02. The first-order valence-corrected chi connectivity index (χ1v) is 6.32. The molecule has 0 radical (unpaired) electrons. The van der Waals surface area contributed by atoms with Crippen LogP contribution in [0.25, 0.3) is 0 Å². The minimum Gasteiger partial charge on any atom is -0.459 e. The molecule has 0 fully saturated rings. The predicted octanol–water partition coefficient (Wildman–Crippen LogP) is 2.67. The Balaban J connectivity index is 2.20. The highest BCUT2D eigenvalue weighted by atomic mass is 16.3. The molecule has 20 heavy (non-hydrogen) atoms. The topological polar surface area (TPSA) is 71.3 Å². The maximum absolute atomic E-state index is 12.1. The molecule has 2 amide bonds. The van der Waals surface area contributed by atoms with Crippen molar-refractivity contribution < 1.29 is 14.0 Å². The van der Waals surface area contributed by atoms with Crippen molar-refractivity contribution in [3.63, 3.8) is 0 Å². The highest BCUT2D eigenvalue weighted by Crippen LogP contribution is 2.16. The molecule has 0 saturated carbocycles. The fraction of sp³-hybridized carbons (Fsp3) is 0.200. The van der Waals surface area contributed by atoms with Gasteiger partial charge in [-0.1, -0.05) is 12.1 Å². The average Bonchev–Trinajstić information content (AvgIpc) is 2.92. The van der Waals surface area contributed by atoms with Gasteiger partial charge in [-0.3, -0.25) is 9.59 Å². The van der Waals surface area contributed by atoms with E-state index < -0.39 is 0 Å². The molecule has 2 rings (SSSR count). The second-order valence-electron chi connectivity index (χ2n) is 4.61. The summed E-state index contributed by atoms with van der Waals surface area (Å²) in [4.78, 5) is 24.0. The summed E-state index contributed by atoms with van der Waals surface area (Å²) in [5, 5.41) is 5.47. The summed E-state index contributed by atoms with van der Waals surface area (Å²) in [5.41, 5.74) is 0.869. The van der Waals surface area contributed by atoms with Crippen molar-refractivity contribution in [3.8, 4) is 0 Å². The third-order valence-electron chi connectivity index (χ3n) is 2.58. The lowest BCUT2D eigenvalue weighted by Crippen LogP contribution is -2.31. The first kappa shape index (κ1) is 13.9. The number of amides is 2. The normalized spacial score (nSPS) is 10.3. The van der Waals surface area contributed by atoms with E-state index in [2.05, 4.69) is 10.6 Å². The molecule has 0 atom stereocenters. The number of carbonyl (C=O) groups is 2. The smallest absolute Gasteiger partial charge is 0.291 e. The van der Waals surface area contributed by atoms with Gasteiger partial charge in [0.2, 0.25) is 0 Å². The first-order chi connectivity index (χ1) is 9.58. The van der Waals surface area contributed by atoms with Crippen LogP contribution in [-0.4, -0.2) is 17.9 Å². The third kappa shape index (κ3) is 3.26. The van der Waals surface area contributed by atoms with Gasteiger partial charge >= 0.3 is 0 Å². The zero-order valence-corrected chi connectivity index (χ0v) is 11.3. The number of benzene rings is 1. The number of nitrogens with one attached hydrogen (secondary N) is 2. The third-order valence-corrected chi connectivity index (χ3v) is 2.58. The van der Waals surface area contributed by atoms with Gasteiger partial charge in [0.15, 0.2) is 5.76 Å². The number of carbonyl (C=O) groups excluding carboxylic acids is 2. The second-order valence-corrected chi connectivity index (χ2v) is 4.61. The molecule has 1 heterocycles.